The Balaban J connectivity index is 2.44. The number of carbonyl (C=O) groups excluding carboxylic acids is 1. The molecule has 1 amide bonds. The molecule has 112 valence electrons. The van der Waals surface area contributed by atoms with Crippen LogP contribution in [0.4, 0.5) is 0 Å². The molecule has 3 N–H and O–H groups in total. The molecule has 0 aliphatic carbocycles. The van der Waals surface area contributed by atoms with Crippen LogP contribution in [-0.2, 0) is 6.42 Å². The van der Waals surface area contributed by atoms with Gasteiger partial charge in [0.1, 0.15) is 11.3 Å². The molecule has 8 heteroatoms. The molecule has 0 aliphatic rings. The zero-order valence-corrected chi connectivity index (χ0v) is 12.4. The van der Waals surface area contributed by atoms with Gasteiger partial charge in [0.15, 0.2) is 11.3 Å². The van der Waals surface area contributed by atoms with Crippen LogP contribution >= 0.6 is 11.6 Å². The minimum Gasteiger partial charge on any atom is -0.364 e. The van der Waals surface area contributed by atoms with Crippen molar-refractivity contribution in [2.75, 3.05) is 0 Å². The number of fused-ring (bicyclic) bond motifs is 1. The minimum absolute atomic E-state index is 0.00949. The molecule has 0 atom stereocenters. The lowest BCUT2D eigenvalue weighted by molar-refractivity contribution is 0.0997. The summed E-state index contributed by atoms with van der Waals surface area (Å²) in [6.45, 7) is 1.84. The van der Waals surface area contributed by atoms with E-state index in [1.165, 1.54) is 4.57 Å². The largest absolute Gasteiger partial charge is 0.364 e. The van der Waals surface area contributed by atoms with Gasteiger partial charge in [0.05, 0.1) is 10.7 Å². The lowest BCUT2D eigenvalue weighted by Gasteiger charge is -2.06. The Hall–Kier alpha value is -2.67. The molecule has 3 aromatic rings. The summed E-state index contributed by atoms with van der Waals surface area (Å²) in [7, 11) is 0. The number of hydrogen-bond acceptors (Lipinski definition) is 4. The Morgan fingerprint density at radius 2 is 2.09 bits per heavy atom. The highest BCUT2D eigenvalue weighted by molar-refractivity contribution is 6.32. The van der Waals surface area contributed by atoms with E-state index in [-0.39, 0.29) is 16.9 Å². The number of carbonyl (C=O) groups is 1. The lowest BCUT2D eigenvalue weighted by Crippen LogP contribution is -2.16. The third-order valence-corrected chi connectivity index (χ3v) is 3.55. The van der Waals surface area contributed by atoms with Crippen LogP contribution in [0.15, 0.2) is 29.1 Å². The molecule has 0 unspecified atom stereocenters. The van der Waals surface area contributed by atoms with Gasteiger partial charge in [0.2, 0.25) is 0 Å². The highest BCUT2D eigenvalue weighted by Gasteiger charge is 2.19. The fourth-order valence-corrected chi connectivity index (χ4v) is 2.44. The van der Waals surface area contributed by atoms with E-state index in [0.29, 0.717) is 23.0 Å². The number of benzene rings is 1. The second-order valence-electron chi connectivity index (χ2n) is 4.62. The average Bonchev–Trinajstić information content (AvgIpc) is 2.82. The van der Waals surface area contributed by atoms with E-state index in [1.54, 1.807) is 24.3 Å². The van der Waals surface area contributed by atoms with Crippen LogP contribution in [-0.4, -0.2) is 25.4 Å². The topological polar surface area (TPSA) is 107 Å². The molecule has 0 spiro atoms. The summed E-state index contributed by atoms with van der Waals surface area (Å²) < 4.78 is 1.31. The summed E-state index contributed by atoms with van der Waals surface area (Å²) in [6, 6.07) is 6.87. The number of imidazole rings is 1. The number of hydrogen-bond donors (Lipinski definition) is 2. The standard InChI is InChI=1S/C14H12ClN5O2/c1-2-9-17-10(12(16)21)11-13(18-9)20(14(22)19-11)8-6-4-3-5-7(8)15/h3-6H,2H2,1H3,(H2,16,21)(H,19,22). The molecule has 0 bridgehead atoms. The van der Waals surface area contributed by atoms with Gasteiger partial charge in [-0.05, 0) is 12.1 Å². The second kappa shape index (κ2) is 5.27. The van der Waals surface area contributed by atoms with Gasteiger partial charge in [-0.3, -0.25) is 4.79 Å². The first-order chi connectivity index (χ1) is 10.5. The van der Waals surface area contributed by atoms with Crippen molar-refractivity contribution >= 4 is 28.7 Å². The van der Waals surface area contributed by atoms with Crippen molar-refractivity contribution in [2.45, 2.75) is 13.3 Å². The Kier molecular flexibility index (Phi) is 3.42. The van der Waals surface area contributed by atoms with Crippen molar-refractivity contribution in [1.82, 2.24) is 19.5 Å². The predicted molar refractivity (Wildman–Crippen MR) is 82.4 cm³/mol. The third kappa shape index (κ3) is 2.15. The normalized spacial score (nSPS) is 11.0. The SMILES string of the molecule is CCc1nc(C(N)=O)c2[nH]c(=O)n(-c3ccccc3Cl)c2n1. The second-order valence-corrected chi connectivity index (χ2v) is 5.03. The van der Waals surface area contributed by atoms with Gasteiger partial charge >= 0.3 is 5.69 Å². The first-order valence-corrected chi connectivity index (χ1v) is 6.97. The summed E-state index contributed by atoms with van der Waals surface area (Å²) >= 11 is 6.16. The molecular formula is C14H12ClN5O2. The Bertz CT molecular complexity index is 944. The minimum atomic E-state index is -0.727. The van der Waals surface area contributed by atoms with Crippen LogP contribution < -0.4 is 11.4 Å². The third-order valence-electron chi connectivity index (χ3n) is 3.23. The van der Waals surface area contributed by atoms with Gasteiger partial charge in [-0.2, -0.15) is 0 Å². The van der Waals surface area contributed by atoms with Gasteiger partial charge in [-0.1, -0.05) is 30.7 Å². The van der Waals surface area contributed by atoms with Gasteiger partial charge in [-0.15, -0.1) is 0 Å². The molecule has 0 saturated carbocycles. The van der Waals surface area contributed by atoms with Crippen molar-refractivity contribution < 1.29 is 4.79 Å². The number of aromatic nitrogens is 4. The maximum Gasteiger partial charge on any atom is 0.332 e. The van der Waals surface area contributed by atoms with Crippen molar-refractivity contribution in [2.24, 2.45) is 5.73 Å². The van der Waals surface area contributed by atoms with Crippen LogP contribution in [0.5, 0.6) is 0 Å². The summed E-state index contributed by atoms with van der Waals surface area (Å²) in [5, 5.41) is 0.391. The number of H-pyrrole nitrogens is 1. The number of aryl methyl sites for hydroxylation is 1. The maximum atomic E-state index is 12.3. The molecule has 7 nitrogen and oxygen atoms in total. The first kappa shape index (κ1) is 14.3. The van der Waals surface area contributed by atoms with E-state index in [2.05, 4.69) is 15.0 Å². The van der Waals surface area contributed by atoms with Crippen molar-refractivity contribution in [3.8, 4) is 5.69 Å². The Morgan fingerprint density at radius 3 is 2.73 bits per heavy atom. The summed E-state index contributed by atoms with van der Waals surface area (Å²) in [4.78, 5) is 34.9. The average molecular weight is 318 g/mol. The highest BCUT2D eigenvalue weighted by atomic mass is 35.5. The van der Waals surface area contributed by atoms with E-state index < -0.39 is 11.6 Å². The number of amides is 1. The molecule has 22 heavy (non-hydrogen) atoms. The first-order valence-electron chi connectivity index (χ1n) is 6.59. The number of halogens is 1. The van der Waals surface area contributed by atoms with E-state index in [1.807, 2.05) is 6.92 Å². The zero-order chi connectivity index (χ0) is 15.9. The van der Waals surface area contributed by atoms with Gasteiger partial charge in [0.25, 0.3) is 5.91 Å². The van der Waals surface area contributed by atoms with Gasteiger partial charge in [0, 0.05) is 6.42 Å². The van der Waals surface area contributed by atoms with Crippen LogP contribution in [0, 0.1) is 0 Å². The van der Waals surface area contributed by atoms with Crippen LogP contribution in [0.2, 0.25) is 5.02 Å². The molecule has 0 saturated heterocycles. The predicted octanol–water partition coefficient (Wildman–Crippen LogP) is 1.42. The number of nitrogens with two attached hydrogens (primary N) is 1. The van der Waals surface area contributed by atoms with Crippen LogP contribution in [0.25, 0.3) is 16.9 Å². The molecule has 2 heterocycles. The summed E-state index contributed by atoms with van der Waals surface area (Å²) in [6.07, 6.45) is 0.498. The fraction of sp³-hybridized carbons (Fsp3) is 0.143. The lowest BCUT2D eigenvalue weighted by atomic mass is 10.3. The number of para-hydroxylation sites is 1. The quantitative estimate of drug-likeness (QED) is 0.761. The fourth-order valence-electron chi connectivity index (χ4n) is 2.22. The summed E-state index contributed by atoms with van der Waals surface area (Å²) in [5.74, 6) is -0.309. The monoisotopic (exact) mass is 317 g/mol. The van der Waals surface area contributed by atoms with Crippen molar-refractivity contribution in [1.29, 1.82) is 0 Å². The Morgan fingerprint density at radius 1 is 1.36 bits per heavy atom. The number of nitrogens with zero attached hydrogens (tertiary/aromatic N) is 3. The highest BCUT2D eigenvalue weighted by Crippen LogP contribution is 2.22. The summed E-state index contributed by atoms with van der Waals surface area (Å²) in [5.41, 5.74) is 5.82. The zero-order valence-electron chi connectivity index (χ0n) is 11.6. The molecule has 0 fully saturated rings. The van der Waals surface area contributed by atoms with E-state index >= 15 is 0 Å². The van der Waals surface area contributed by atoms with E-state index in [9.17, 15) is 9.59 Å². The molecule has 2 aromatic heterocycles. The Labute approximate surface area is 129 Å². The van der Waals surface area contributed by atoms with Crippen LogP contribution in [0.1, 0.15) is 23.2 Å². The number of nitrogens with one attached hydrogen (secondary N) is 1. The van der Waals surface area contributed by atoms with Crippen molar-refractivity contribution in [3.05, 3.63) is 51.3 Å². The molecular weight excluding hydrogens is 306 g/mol. The van der Waals surface area contributed by atoms with Crippen LogP contribution in [0.3, 0.4) is 0 Å². The molecule has 0 radical (unpaired) electrons. The molecule has 3 rings (SSSR count). The van der Waals surface area contributed by atoms with Gasteiger partial charge < -0.3 is 10.7 Å². The van der Waals surface area contributed by atoms with E-state index in [4.69, 9.17) is 17.3 Å². The molecule has 1 aromatic carbocycles. The molecule has 0 aliphatic heterocycles. The number of aromatic amines is 1. The van der Waals surface area contributed by atoms with E-state index in [0.717, 1.165) is 0 Å². The smallest absolute Gasteiger partial charge is 0.332 e. The number of primary amides is 1. The number of rotatable bonds is 3. The maximum absolute atomic E-state index is 12.3. The van der Waals surface area contributed by atoms with Crippen molar-refractivity contribution in [3.63, 3.8) is 0 Å². The van der Waals surface area contributed by atoms with Gasteiger partial charge in [-0.25, -0.2) is 19.3 Å².